The highest BCUT2D eigenvalue weighted by atomic mass is 15.1. The highest BCUT2D eigenvalue weighted by Crippen LogP contribution is 2.21. The summed E-state index contributed by atoms with van der Waals surface area (Å²) in [5.74, 6) is 5.40. The number of nitrogens with zero attached hydrogens (tertiary/aromatic N) is 1. The first-order valence-electron chi connectivity index (χ1n) is 4.85. The summed E-state index contributed by atoms with van der Waals surface area (Å²) in [6.45, 7) is 6.54. The molecule has 1 rings (SSSR count). The predicted molar refractivity (Wildman–Crippen MR) is 61.2 cm³/mol. The van der Waals surface area contributed by atoms with Gasteiger partial charge in [-0.25, -0.2) is 0 Å². The van der Waals surface area contributed by atoms with Gasteiger partial charge in [0.25, 0.3) is 0 Å². The molecule has 0 radical (unpaired) electrons. The van der Waals surface area contributed by atoms with Crippen LogP contribution in [0.5, 0.6) is 0 Å². The Labute approximate surface area is 85.8 Å². The second-order valence-electron chi connectivity index (χ2n) is 4.68. The van der Waals surface area contributed by atoms with Gasteiger partial charge in [-0.3, -0.25) is 0 Å². The number of nitrogens with two attached hydrogens (primary N) is 1. The second kappa shape index (κ2) is 4.27. The van der Waals surface area contributed by atoms with Crippen LogP contribution < -0.4 is 5.84 Å². The Morgan fingerprint density at radius 2 is 1.79 bits per heavy atom. The quantitative estimate of drug-likeness (QED) is 0.434. The smallest absolute Gasteiger partial charge is 0.0677 e. The van der Waals surface area contributed by atoms with Gasteiger partial charge in [-0.15, -0.1) is 0 Å². The maximum absolute atomic E-state index is 5.40. The van der Waals surface area contributed by atoms with Gasteiger partial charge in [0.15, 0.2) is 0 Å². The fraction of sp³-hybridized carbons (Fsp3) is 0.417. The number of hydrogen-bond acceptors (Lipinski definition) is 2. The van der Waals surface area contributed by atoms with Crippen LogP contribution in [0.4, 0.5) is 0 Å². The number of rotatable bonds is 2. The zero-order chi connectivity index (χ0) is 10.6. The Morgan fingerprint density at radius 3 is 2.21 bits per heavy atom. The molecule has 0 unspecified atom stereocenters. The maximum atomic E-state index is 5.40. The zero-order valence-corrected chi connectivity index (χ0v) is 9.12. The van der Waals surface area contributed by atoms with E-state index in [4.69, 9.17) is 5.84 Å². The van der Waals surface area contributed by atoms with Crippen molar-refractivity contribution in [1.29, 1.82) is 0 Å². The monoisotopic (exact) mass is 190 g/mol. The molecule has 0 fully saturated rings. The number of hydrogen-bond donors (Lipinski definition) is 1. The van der Waals surface area contributed by atoms with Crippen LogP contribution in [0.3, 0.4) is 0 Å². The molecule has 0 saturated heterocycles. The van der Waals surface area contributed by atoms with E-state index in [2.05, 4.69) is 25.9 Å². The molecule has 0 atom stereocenters. The summed E-state index contributed by atoms with van der Waals surface area (Å²) in [6.07, 6.45) is 0.896. The maximum Gasteiger partial charge on any atom is 0.0677 e. The average molecular weight is 190 g/mol. The molecule has 0 aliphatic rings. The Morgan fingerprint density at radius 1 is 1.21 bits per heavy atom. The van der Waals surface area contributed by atoms with Crippen molar-refractivity contribution >= 4 is 5.71 Å². The van der Waals surface area contributed by atoms with Crippen LogP contribution in [0.2, 0.25) is 0 Å². The lowest BCUT2D eigenvalue weighted by Crippen LogP contribution is -2.15. The minimum atomic E-state index is 0.216. The van der Waals surface area contributed by atoms with Crippen molar-refractivity contribution in [1.82, 2.24) is 0 Å². The average Bonchev–Trinajstić information content (AvgIpc) is 2.14. The Kier molecular flexibility index (Phi) is 3.28. The van der Waals surface area contributed by atoms with Crippen molar-refractivity contribution in [2.45, 2.75) is 27.2 Å². The third kappa shape index (κ3) is 3.21. The normalized spacial score (nSPS) is 12.9. The van der Waals surface area contributed by atoms with Crippen LogP contribution in [-0.4, -0.2) is 5.71 Å². The summed E-state index contributed by atoms with van der Waals surface area (Å²) in [7, 11) is 0. The first-order chi connectivity index (χ1) is 6.53. The third-order valence-electron chi connectivity index (χ3n) is 1.96. The minimum Gasteiger partial charge on any atom is -0.323 e. The van der Waals surface area contributed by atoms with E-state index in [9.17, 15) is 0 Å². The van der Waals surface area contributed by atoms with Crippen LogP contribution in [0.15, 0.2) is 35.4 Å². The molecule has 0 aliphatic carbocycles. The van der Waals surface area contributed by atoms with E-state index in [0.717, 1.165) is 17.7 Å². The Balaban J connectivity index is 2.85. The first kappa shape index (κ1) is 10.8. The van der Waals surface area contributed by atoms with E-state index in [-0.39, 0.29) is 5.41 Å². The third-order valence-corrected chi connectivity index (χ3v) is 1.96. The molecule has 0 saturated carbocycles. The minimum absolute atomic E-state index is 0.216. The van der Waals surface area contributed by atoms with Crippen molar-refractivity contribution in [3.05, 3.63) is 35.9 Å². The Bertz CT molecular complexity index is 307. The lowest BCUT2D eigenvalue weighted by molar-refractivity contribution is 0.434. The summed E-state index contributed by atoms with van der Waals surface area (Å²) in [4.78, 5) is 0. The molecule has 0 amide bonds. The van der Waals surface area contributed by atoms with Gasteiger partial charge >= 0.3 is 0 Å². The van der Waals surface area contributed by atoms with Crippen molar-refractivity contribution in [2.24, 2.45) is 16.4 Å². The fourth-order valence-electron chi connectivity index (χ4n) is 1.36. The molecule has 0 aromatic heterocycles. The molecule has 0 bridgehead atoms. The van der Waals surface area contributed by atoms with Crippen LogP contribution in [0, 0.1) is 5.41 Å². The van der Waals surface area contributed by atoms with Crippen LogP contribution in [0.1, 0.15) is 32.8 Å². The van der Waals surface area contributed by atoms with Crippen molar-refractivity contribution in [2.75, 3.05) is 0 Å². The molecule has 2 nitrogen and oxygen atoms in total. The molecular formula is C12H18N2. The predicted octanol–water partition coefficient (Wildman–Crippen LogP) is 2.79. The van der Waals surface area contributed by atoms with Gasteiger partial charge in [-0.05, 0) is 17.4 Å². The molecule has 2 N–H and O–H groups in total. The lowest BCUT2D eigenvalue weighted by Gasteiger charge is -2.18. The van der Waals surface area contributed by atoms with Gasteiger partial charge in [-0.2, -0.15) is 5.10 Å². The van der Waals surface area contributed by atoms with Crippen molar-refractivity contribution in [3.63, 3.8) is 0 Å². The topological polar surface area (TPSA) is 38.4 Å². The van der Waals surface area contributed by atoms with Crippen LogP contribution in [0.25, 0.3) is 0 Å². The molecular weight excluding hydrogens is 172 g/mol. The van der Waals surface area contributed by atoms with Gasteiger partial charge in [0.05, 0.1) is 5.71 Å². The summed E-state index contributed by atoms with van der Waals surface area (Å²) >= 11 is 0. The molecule has 14 heavy (non-hydrogen) atoms. The van der Waals surface area contributed by atoms with Gasteiger partial charge in [0, 0.05) is 0 Å². The van der Waals surface area contributed by atoms with E-state index < -0.39 is 0 Å². The number of hydrazone groups is 1. The molecule has 0 aliphatic heterocycles. The highest BCUT2D eigenvalue weighted by molar-refractivity contribution is 6.00. The molecule has 76 valence electrons. The second-order valence-corrected chi connectivity index (χ2v) is 4.68. The van der Waals surface area contributed by atoms with Crippen molar-refractivity contribution < 1.29 is 0 Å². The van der Waals surface area contributed by atoms with E-state index in [0.29, 0.717) is 0 Å². The summed E-state index contributed by atoms with van der Waals surface area (Å²) < 4.78 is 0. The van der Waals surface area contributed by atoms with Gasteiger partial charge in [0.2, 0.25) is 0 Å². The molecule has 2 heteroatoms. The summed E-state index contributed by atoms with van der Waals surface area (Å²) in [5, 5.41) is 3.86. The van der Waals surface area contributed by atoms with E-state index in [1.54, 1.807) is 0 Å². The van der Waals surface area contributed by atoms with E-state index in [1.165, 1.54) is 0 Å². The first-order valence-corrected chi connectivity index (χ1v) is 4.85. The standard InChI is InChI=1S/C12H18N2/c1-12(2,3)9-11(14-13)10-7-5-4-6-8-10/h4-8H,9,13H2,1-3H3/b14-11+. The molecule has 1 aromatic rings. The lowest BCUT2D eigenvalue weighted by atomic mass is 9.87. The molecule has 0 heterocycles. The molecule has 1 aromatic carbocycles. The van der Waals surface area contributed by atoms with Gasteiger partial charge < -0.3 is 5.84 Å². The summed E-state index contributed by atoms with van der Waals surface area (Å²) in [5.41, 5.74) is 2.30. The highest BCUT2D eigenvalue weighted by Gasteiger charge is 2.15. The number of benzene rings is 1. The van der Waals surface area contributed by atoms with E-state index >= 15 is 0 Å². The van der Waals surface area contributed by atoms with Crippen LogP contribution >= 0.6 is 0 Å². The SMILES string of the molecule is CC(C)(C)C/C(=N\N)c1ccccc1. The fourth-order valence-corrected chi connectivity index (χ4v) is 1.36. The molecule has 0 spiro atoms. The van der Waals surface area contributed by atoms with Gasteiger partial charge in [-0.1, -0.05) is 51.1 Å². The van der Waals surface area contributed by atoms with Gasteiger partial charge in [0.1, 0.15) is 0 Å². The Hall–Kier alpha value is -1.31. The summed E-state index contributed by atoms with van der Waals surface area (Å²) in [6, 6.07) is 10.1. The van der Waals surface area contributed by atoms with Crippen LogP contribution in [-0.2, 0) is 0 Å². The zero-order valence-electron chi connectivity index (χ0n) is 9.12. The van der Waals surface area contributed by atoms with Crippen molar-refractivity contribution in [3.8, 4) is 0 Å². The largest absolute Gasteiger partial charge is 0.323 e. The van der Waals surface area contributed by atoms with E-state index in [1.807, 2.05) is 30.3 Å².